The number of nitrogens with zero attached hydrogens (tertiary/aromatic N) is 2. The quantitative estimate of drug-likeness (QED) is 0.591. The molecule has 1 atom stereocenters. The van der Waals surface area contributed by atoms with E-state index in [9.17, 15) is 10.1 Å². The second-order valence-electron chi connectivity index (χ2n) is 6.02. The van der Waals surface area contributed by atoms with E-state index in [1.165, 1.54) is 6.07 Å². The molecule has 1 aromatic heterocycles. The third kappa shape index (κ3) is 3.37. The van der Waals surface area contributed by atoms with Crippen LogP contribution in [0.2, 0.25) is 0 Å². The predicted molar refractivity (Wildman–Crippen MR) is 80.0 cm³/mol. The van der Waals surface area contributed by atoms with Gasteiger partial charge in [-0.3, -0.25) is 10.1 Å². The van der Waals surface area contributed by atoms with E-state index >= 15 is 0 Å². The lowest BCUT2D eigenvalue weighted by molar-refractivity contribution is -0.384. The van der Waals surface area contributed by atoms with Crippen LogP contribution in [0.4, 0.5) is 17.3 Å². The Hall–Kier alpha value is -1.85. The molecule has 110 valence electrons. The molecule has 1 saturated carbocycles. The molecule has 0 aromatic carbocycles. The molecule has 6 heteroatoms. The van der Waals surface area contributed by atoms with Gasteiger partial charge in [0.2, 0.25) is 5.82 Å². The zero-order valence-corrected chi connectivity index (χ0v) is 12.3. The van der Waals surface area contributed by atoms with Crippen LogP contribution >= 0.6 is 0 Å². The second-order valence-corrected chi connectivity index (χ2v) is 6.02. The largest absolute Gasteiger partial charge is 0.370 e. The van der Waals surface area contributed by atoms with E-state index in [0.29, 0.717) is 23.0 Å². The van der Waals surface area contributed by atoms with Gasteiger partial charge in [-0.1, -0.05) is 20.8 Å². The topological polar surface area (TPSA) is 80.1 Å². The molecule has 1 fully saturated rings. The number of anilines is 2. The van der Waals surface area contributed by atoms with Crippen LogP contribution in [-0.4, -0.2) is 23.0 Å². The zero-order valence-electron chi connectivity index (χ0n) is 12.3. The Morgan fingerprint density at radius 1 is 1.45 bits per heavy atom. The molecule has 0 spiro atoms. The van der Waals surface area contributed by atoms with Gasteiger partial charge >= 0.3 is 5.69 Å². The zero-order chi connectivity index (χ0) is 14.8. The molecule has 1 unspecified atom stereocenters. The minimum absolute atomic E-state index is 0.0329. The normalized spacial score (nSPS) is 19.4. The summed E-state index contributed by atoms with van der Waals surface area (Å²) in [6, 6.07) is 3.16. The van der Waals surface area contributed by atoms with Gasteiger partial charge in [0.15, 0.2) is 0 Å². The van der Waals surface area contributed by atoms with E-state index < -0.39 is 4.92 Å². The van der Waals surface area contributed by atoms with Crippen molar-refractivity contribution in [3.8, 4) is 0 Å². The maximum absolute atomic E-state index is 11.0. The molecule has 1 aromatic rings. The molecular formula is C14H22N4O2. The third-order valence-electron chi connectivity index (χ3n) is 3.86. The molecule has 0 amide bonds. The molecule has 0 saturated heterocycles. The molecule has 6 nitrogen and oxygen atoms in total. The van der Waals surface area contributed by atoms with Gasteiger partial charge < -0.3 is 10.6 Å². The van der Waals surface area contributed by atoms with Gasteiger partial charge in [0.1, 0.15) is 5.82 Å². The van der Waals surface area contributed by atoms with Crippen LogP contribution in [0.3, 0.4) is 0 Å². The lowest BCUT2D eigenvalue weighted by Crippen LogP contribution is -2.11. The predicted octanol–water partition coefficient (Wildman–Crippen LogP) is 3.27. The van der Waals surface area contributed by atoms with Crippen LogP contribution in [0.25, 0.3) is 0 Å². The van der Waals surface area contributed by atoms with Crippen LogP contribution in [0.15, 0.2) is 12.1 Å². The summed E-state index contributed by atoms with van der Waals surface area (Å²) < 4.78 is 0. The van der Waals surface area contributed by atoms with Gasteiger partial charge in [-0.2, -0.15) is 0 Å². The van der Waals surface area contributed by atoms with Crippen LogP contribution in [-0.2, 0) is 0 Å². The molecule has 1 aliphatic carbocycles. The number of aromatic nitrogens is 1. The van der Waals surface area contributed by atoms with Crippen LogP contribution in [0.1, 0.15) is 33.6 Å². The summed E-state index contributed by atoms with van der Waals surface area (Å²) >= 11 is 0. The Kier molecular flexibility index (Phi) is 4.11. The van der Waals surface area contributed by atoms with E-state index in [2.05, 4.69) is 36.4 Å². The fraction of sp³-hybridized carbons (Fsp3) is 0.643. The summed E-state index contributed by atoms with van der Waals surface area (Å²) in [7, 11) is 0. The Morgan fingerprint density at radius 2 is 2.15 bits per heavy atom. The van der Waals surface area contributed by atoms with Gasteiger partial charge in [0.05, 0.1) is 4.92 Å². The molecule has 1 aliphatic rings. The summed E-state index contributed by atoms with van der Waals surface area (Å²) in [5.41, 5.74) is 0.380. The van der Waals surface area contributed by atoms with Crippen molar-refractivity contribution in [2.75, 3.05) is 23.7 Å². The highest BCUT2D eigenvalue weighted by Crippen LogP contribution is 2.51. The molecule has 2 N–H and O–H groups in total. The molecule has 0 radical (unpaired) electrons. The van der Waals surface area contributed by atoms with Crippen molar-refractivity contribution in [1.82, 2.24) is 4.98 Å². The number of nitro groups is 1. The summed E-state index contributed by atoms with van der Waals surface area (Å²) in [5, 5.41) is 17.3. The first-order valence-electron chi connectivity index (χ1n) is 7.07. The summed E-state index contributed by atoms with van der Waals surface area (Å²) in [6.07, 6.45) is 2.14. The van der Waals surface area contributed by atoms with Gasteiger partial charge in [0, 0.05) is 19.2 Å². The maximum atomic E-state index is 11.0. The van der Waals surface area contributed by atoms with Crippen molar-refractivity contribution < 1.29 is 4.92 Å². The standard InChI is InChI=1S/C14H22N4O2/c1-4-7-15-12-6-5-11(18(19)20)13(17-12)16-9-10-8-14(10,2)3/h5-6,10H,4,7-9H2,1-3H3,(H2,15,16,17). The average molecular weight is 278 g/mol. The fourth-order valence-electron chi connectivity index (χ4n) is 2.23. The molecule has 20 heavy (non-hydrogen) atoms. The van der Waals surface area contributed by atoms with E-state index in [1.54, 1.807) is 6.07 Å². The van der Waals surface area contributed by atoms with Crippen molar-refractivity contribution in [3.63, 3.8) is 0 Å². The van der Waals surface area contributed by atoms with E-state index in [0.717, 1.165) is 25.9 Å². The molecule has 0 aliphatic heterocycles. The first-order valence-corrected chi connectivity index (χ1v) is 7.07. The molecule has 1 heterocycles. The van der Waals surface area contributed by atoms with Gasteiger partial charge in [-0.25, -0.2) is 4.98 Å². The second kappa shape index (κ2) is 5.64. The first kappa shape index (κ1) is 14.6. The first-order chi connectivity index (χ1) is 9.44. The Balaban J connectivity index is 2.08. The van der Waals surface area contributed by atoms with Crippen molar-refractivity contribution in [2.45, 2.75) is 33.6 Å². The third-order valence-corrected chi connectivity index (χ3v) is 3.86. The number of hydrogen-bond acceptors (Lipinski definition) is 5. The van der Waals surface area contributed by atoms with Gasteiger partial charge in [-0.15, -0.1) is 0 Å². The van der Waals surface area contributed by atoms with Crippen LogP contribution < -0.4 is 10.6 Å². The summed E-state index contributed by atoms with van der Waals surface area (Å²) in [6.45, 7) is 8.02. The lowest BCUT2D eigenvalue weighted by Gasteiger charge is -2.10. The Morgan fingerprint density at radius 3 is 2.70 bits per heavy atom. The van der Waals surface area contributed by atoms with Gasteiger partial charge in [0.25, 0.3) is 0 Å². The fourth-order valence-corrected chi connectivity index (χ4v) is 2.23. The van der Waals surface area contributed by atoms with Gasteiger partial charge in [-0.05, 0) is 30.2 Å². The smallest absolute Gasteiger partial charge is 0.311 e. The van der Waals surface area contributed by atoms with Crippen molar-refractivity contribution in [1.29, 1.82) is 0 Å². The van der Waals surface area contributed by atoms with Crippen LogP contribution in [0.5, 0.6) is 0 Å². The van der Waals surface area contributed by atoms with Crippen molar-refractivity contribution >= 4 is 17.3 Å². The highest BCUT2D eigenvalue weighted by Gasteiger charge is 2.45. The molecular weight excluding hydrogens is 256 g/mol. The van der Waals surface area contributed by atoms with Crippen LogP contribution in [0, 0.1) is 21.4 Å². The summed E-state index contributed by atoms with van der Waals surface area (Å²) in [4.78, 5) is 15.0. The molecule has 0 bridgehead atoms. The summed E-state index contributed by atoms with van der Waals surface area (Å²) in [5.74, 6) is 1.60. The van der Waals surface area contributed by atoms with E-state index in [1.807, 2.05) is 0 Å². The average Bonchev–Trinajstić information content (AvgIpc) is 3.01. The number of pyridine rings is 1. The SMILES string of the molecule is CCCNc1ccc([N+](=O)[O-])c(NCC2CC2(C)C)n1. The minimum atomic E-state index is -0.392. The highest BCUT2D eigenvalue weighted by molar-refractivity contribution is 5.60. The maximum Gasteiger partial charge on any atom is 0.311 e. The monoisotopic (exact) mass is 278 g/mol. The van der Waals surface area contributed by atoms with E-state index in [-0.39, 0.29) is 5.69 Å². The Labute approximate surface area is 119 Å². The Bertz CT molecular complexity index is 502. The lowest BCUT2D eigenvalue weighted by atomic mass is 10.1. The minimum Gasteiger partial charge on any atom is -0.370 e. The molecule has 2 rings (SSSR count). The number of nitrogens with one attached hydrogen (secondary N) is 2. The number of hydrogen-bond donors (Lipinski definition) is 2. The van der Waals surface area contributed by atoms with Crippen molar-refractivity contribution in [2.24, 2.45) is 11.3 Å². The van der Waals surface area contributed by atoms with Crippen molar-refractivity contribution in [3.05, 3.63) is 22.2 Å². The van der Waals surface area contributed by atoms with E-state index in [4.69, 9.17) is 0 Å². The number of rotatable bonds is 7. The highest BCUT2D eigenvalue weighted by atomic mass is 16.6.